The minimum absolute atomic E-state index is 0.0769. The van der Waals surface area contributed by atoms with Gasteiger partial charge in [-0.3, -0.25) is 9.78 Å². The third-order valence-corrected chi connectivity index (χ3v) is 4.05. The Balaban J connectivity index is 2.20. The molecule has 1 aliphatic heterocycles. The molecule has 110 valence electrons. The van der Waals surface area contributed by atoms with Gasteiger partial charge in [-0.15, -0.1) is 0 Å². The Bertz CT molecular complexity index is 492. The third kappa shape index (κ3) is 2.55. The van der Waals surface area contributed by atoms with Gasteiger partial charge in [0.25, 0.3) is 0 Å². The van der Waals surface area contributed by atoms with Gasteiger partial charge < -0.3 is 14.7 Å². The standard InChI is InChI=1S/C14H21N3O3/c1-4-20-12-8-15-7-11(16-12)17-6-5-14(9-17,10(2)3)13(18)19/h7-8,10H,4-6,9H2,1-3H3,(H,18,19). The number of carbonyl (C=O) groups is 1. The lowest BCUT2D eigenvalue weighted by Gasteiger charge is -2.28. The zero-order chi connectivity index (χ0) is 14.8. The number of hydrogen-bond donors (Lipinski definition) is 1. The number of carboxylic acids is 1. The molecular formula is C14H21N3O3. The third-order valence-electron chi connectivity index (χ3n) is 4.05. The summed E-state index contributed by atoms with van der Waals surface area (Å²) in [6.45, 7) is 7.47. The van der Waals surface area contributed by atoms with Gasteiger partial charge in [0.2, 0.25) is 5.88 Å². The van der Waals surface area contributed by atoms with Crippen molar-refractivity contribution in [1.29, 1.82) is 0 Å². The minimum atomic E-state index is -0.732. The van der Waals surface area contributed by atoms with E-state index < -0.39 is 11.4 Å². The number of nitrogens with zero attached hydrogens (tertiary/aromatic N) is 3. The molecule has 1 atom stereocenters. The van der Waals surface area contributed by atoms with Crippen molar-refractivity contribution < 1.29 is 14.6 Å². The van der Waals surface area contributed by atoms with Crippen LogP contribution in [0.4, 0.5) is 5.82 Å². The Labute approximate surface area is 118 Å². The van der Waals surface area contributed by atoms with Crippen molar-refractivity contribution >= 4 is 11.8 Å². The van der Waals surface area contributed by atoms with Gasteiger partial charge in [-0.25, -0.2) is 0 Å². The van der Waals surface area contributed by atoms with E-state index in [9.17, 15) is 9.90 Å². The highest BCUT2D eigenvalue weighted by Gasteiger charge is 2.47. The largest absolute Gasteiger partial charge is 0.481 e. The molecule has 0 amide bonds. The van der Waals surface area contributed by atoms with Gasteiger partial charge in [0, 0.05) is 13.1 Å². The summed E-state index contributed by atoms with van der Waals surface area (Å²) in [7, 11) is 0. The van der Waals surface area contributed by atoms with Crippen LogP contribution < -0.4 is 9.64 Å². The van der Waals surface area contributed by atoms with E-state index in [0.717, 1.165) is 0 Å². The molecule has 6 nitrogen and oxygen atoms in total. The number of carboxylic acid groups (broad SMARTS) is 1. The Morgan fingerprint density at radius 3 is 2.85 bits per heavy atom. The first-order chi connectivity index (χ1) is 9.49. The van der Waals surface area contributed by atoms with Gasteiger partial charge in [-0.2, -0.15) is 4.98 Å². The van der Waals surface area contributed by atoms with Crippen molar-refractivity contribution in [2.45, 2.75) is 27.2 Å². The van der Waals surface area contributed by atoms with E-state index in [1.54, 1.807) is 12.4 Å². The lowest BCUT2D eigenvalue weighted by atomic mass is 9.76. The van der Waals surface area contributed by atoms with Gasteiger partial charge in [-0.1, -0.05) is 13.8 Å². The zero-order valence-electron chi connectivity index (χ0n) is 12.2. The molecule has 20 heavy (non-hydrogen) atoms. The molecule has 1 N–H and O–H groups in total. The number of aliphatic carboxylic acids is 1. The fourth-order valence-electron chi connectivity index (χ4n) is 2.63. The first-order valence-corrected chi connectivity index (χ1v) is 6.93. The SMILES string of the molecule is CCOc1cncc(N2CCC(C(=O)O)(C(C)C)C2)n1. The summed E-state index contributed by atoms with van der Waals surface area (Å²) in [6.07, 6.45) is 3.84. The molecule has 0 spiro atoms. The van der Waals surface area contributed by atoms with Crippen molar-refractivity contribution in [1.82, 2.24) is 9.97 Å². The lowest BCUT2D eigenvalue weighted by Crippen LogP contribution is -2.39. The summed E-state index contributed by atoms with van der Waals surface area (Å²) in [5.74, 6) is 0.499. The molecule has 0 saturated carbocycles. The lowest BCUT2D eigenvalue weighted by molar-refractivity contribution is -0.150. The average Bonchev–Trinajstić information content (AvgIpc) is 2.86. The smallest absolute Gasteiger partial charge is 0.311 e. The second-order valence-corrected chi connectivity index (χ2v) is 5.44. The fraction of sp³-hybridized carbons (Fsp3) is 0.643. The quantitative estimate of drug-likeness (QED) is 0.886. The zero-order valence-corrected chi connectivity index (χ0v) is 12.2. The number of rotatable bonds is 5. The van der Waals surface area contributed by atoms with Gasteiger partial charge in [0.1, 0.15) is 0 Å². The molecule has 2 heterocycles. The van der Waals surface area contributed by atoms with Crippen LogP contribution in [0.25, 0.3) is 0 Å². The summed E-state index contributed by atoms with van der Waals surface area (Å²) < 4.78 is 5.34. The van der Waals surface area contributed by atoms with E-state index in [1.165, 1.54) is 0 Å². The van der Waals surface area contributed by atoms with Gasteiger partial charge >= 0.3 is 5.97 Å². The van der Waals surface area contributed by atoms with Crippen LogP contribution in [0.2, 0.25) is 0 Å². The highest BCUT2D eigenvalue weighted by molar-refractivity contribution is 5.77. The molecule has 1 saturated heterocycles. The highest BCUT2D eigenvalue weighted by Crippen LogP contribution is 2.39. The monoisotopic (exact) mass is 279 g/mol. The van der Waals surface area contributed by atoms with Crippen LogP contribution >= 0.6 is 0 Å². The average molecular weight is 279 g/mol. The number of hydrogen-bond acceptors (Lipinski definition) is 5. The maximum atomic E-state index is 11.6. The van der Waals surface area contributed by atoms with Gasteiger partial charge in [0.05, 0.1) is 24.4 Å². The summed E-state index contributed by atoms with van der Waals surface area (Å²) in [4.78, 5) is 22.1. The molecule has 0 radical (unpaired) electrons. The second kappa shape index (κ2) is 5.64. The molecule has 1 fully saturated rings. The Morgan fingerprint density at radius 2 is 2.30 bits per heavy atom. The molecule has 6 heteroatoms. The predicted octanol–water partition coefficient (Wildman–Crippen LogP) is 1.81. The maximum Gasteiger partial charge on any atom is 0.311 e. The second-order valence-electron chi connectivity index (χ2n) is 5.44. The molecule has 0 aromatic carbocycles. The van der Waals surface area contributed by atoms with Crippen LogP contribution in [0, 0.1) is 11.3 Å². The van der Waals surface area contributed by atoms with Crippen molar-refractivity contribution in [2.75, 3.05) is 24.6 Å². The van der Waals surface area contributed by atoms with Crippen LogP contribution in [0.5, 0.6) is 5.88 Å². The topological polar surface area (TPSA) is 75.5 Å². The van der Waals surface area contributed by atoms with Crippen LogP contribution in [-0.4, -0.2) is 40.7 Å². The molecule has 0 aliphatic carbocycles. The minimum Gasteiger partial charge on any atom is -0.481 e. The van der Waals surface area contributed by atoms with E-state index in [1.807, 2.05) is 25.7 Å². The van der Waals surface area contributed by atoms with E-state index in [2.05, 4.69) is 9.97 Å². The van der Waals surface area contributed by atoms with E-state index in [0.29, 0.717) is 37.8 Å². The molecule has 2 rings (SSSR count). The number of ether oxygens (including phenoxy) is 1. The Morgan fingerprint density at radius 1 is 1.55 bits per heavy atom. The van der Waals surface area contributed by atoms with Crippen LogP contribution in [0.1, 0.15) is 27.2 Å². The highest BCUT2D eigenvalue weighted by atomic mass is 16.5. The number of anilines is 1. The van der Waals surface area contributed by atoms with Crippen LogP contribution in [0.3, 0.4) is 0 Å². The first kappa shape index (κ1) is 14.6. The van der Waals surface area contributed by atoms with Gasteiger partial charge in [-0.05, 0) is 19.3 Å². The van der Waals surface area contributed by atoms with Crippen molar-refractivity contribution in [3.63, 3.8) is 0 Å². The Kier molecular flexibility index (Phi) is 4.11. The molecular weight excluding hydrogens is 258 g/mol. The first-order valence-electron chi connectivity index (χ1n) is 6.93. The van der Waals surface area contributed by atoms with E-state index in [4.69, 9.17) is 4.74 Å². The summed E-state index contributed by atoms with van der Waals surface area (Å²) >= 11 is 0. The molecule has 1 aromatic rings. The van der Waals surface area contributed by atoms with Crippen LogP contribution in [-0.2, 0) is 4.79 Å². The fourth-order valence-corrected chi connectivity index (χ4v) is 2.63. The number of aromatic nitrogens is 2. The summed E-state index contributed by atoms with van der Waals surface area (Å²) in [5.41, 5.74) is -0.705. The molecule has 1 aliphatic rings. The van der Waals surface area contributed by atoms with E-state index in [-0.39, 0.29) is 5.92 Å². The van der Waals surface area contributed by atoms with Crippen molar-refractivity contribution in [3.05, 3.63) is 12.4 Å². The molecule has 1 aromatic heterocycles. The van der Waals surface area contributed by atoms with E-state index >= 15 is 0 Å². The molecule has 0 bridgehead atoms. The summed E-state index contributed by atoms with van der Waals surface area (Å²) in [6, 6.07) is 0. The van der Waals surface area contributed by atoms with Crippen molar-refractivity contribution in [2.24, 2.45) is 11.3 Å². The Hall–Kier alpha value is -1.85. The maximum absolute atomic E-state index is 11.6. The van der Waals surface area contributed by atoms with Crippen molar-refractivity contribution in [3.8, 4) is 5.88 Å². The normalized spacial score (nSPS) is 22.3. The van der Waals surface area contributed by atoms with Crippen LogP contribution in [0.15, 0.2) is 12.4 Å². The van der Waals surface area contributed by atoms with Gasteiger partial charge in [0.15, 0.2) is 5.82 Å². The molecule has 1 unspecified atom stereocenters. The summed E-state index contributed by atoms with van der Waals surface area (Å²) in [5, 5.41) is 9.55. The predicted molar refractivity (Wildman–Crippen MR) is 74.9 cm³/mol.